The highest BCUT2D eigenvalue weighted by molar-refractivity contribution is 5.78. The Morgan fingerprint density at radius 2 is 1.55 bits per heavy atom. The molecule has 0 aliphatic carbocycles. The van der Waals surface area contributed by atoms with Crippen LogP contribution in [0.3, 0.4) is 0 Å². The number of hydrogen-bond acceptors (Lipinski definition) is 1. The van der Waals surface area contributed by atoms with Gasteiger partial charge in [-0.1, -0.05) is 50.8 Å². The molecule has 0 saturated carbocycles. The van der Waals surface area contributed by atoms with Crippen molar-refractivity contribution in [3.63, 3.8) is 0 Å². The molecule has 1 N–H and O–H groups in total. The topological polar surface area (TPSA) is 29.1 Å². The van der Waals surface area contributed by atoms with Crippen molar-refractivity contribution < 1.29 is 4.79 Å². The zero-order chi connectivity index (χ0) is 17.2. The van der Waals surface area contributed by atoms with E-state index in [2.05, 4.69) is 37.9 Å². The SMILES string of the molecule is C/C=C\C=C(/C)C#C/C(C)=C/C=C(\C)NC(=O)CC(C)(C)C. The molecule has 0 unspecified atom stereocenters. The molecule has 0 aliphatic heterocycles. The summed E-state index contributed by atoms with van der Waals surface area (Å²) in [6.45, 7) is 13.9. The van der Waals surface area contributed by atoms with Gasteiger partial charge in [-0.2, -0.15) is 0 Å². The Morgan fingerprint density at radius 1 is 1.00 bits per heavy atom. The number of amides is 1. The Morgan fingerprint density at radius 3 is 2.05 bits per heavy atom. The van der Waals surface area contributed by atoms with Gasteiger partial charge in [0, 0.05) is 12.1 Å². The predicted octanol–water partition coefficient (Wildman–Crippen LogP) is 4.91. The lowest BCUT2D eigenvalue weighted by molar-refractivity contribution is -0.122. The van der Waals surface area contributed by atoms with Crippen molar-refractivity contribution in [3.8, 4) is 11.8 Å². The number of carbonyl (C=O) groups excluding carboxylic acids is 1. The van der Waals surface area contributed by atoms with Crippen molar-refractivity contribution in [2.75, 3.05) is 0 Å². The van der Waals surface area contributed by atoms with Gasteiger partial charge < -0.3 is 5.32 Å². The highest BCUT2D eigenvalue weighted by Crippen LogP contribution is 2.18. The zero-order valence-corrected chi connectivity index (χ0v) is 15.0. The van der Waals surface area contributed by atoms with Crippen LogP contribution in [0.2, 0.25) is 0 Å². The van der Waals surface area contributed by atoms with Crippen molar-refractivity contribution in [2.45, 2.75) is 54.9 Å². The zero-order valence-electron chi connectivity index (χ0n) is 15.0. The van der Waals surface area contributed by atoms with Gasteiger partial charge in [0.1, 0.15) is 0 Å². The maximum Gasteiger partial charge on any atom is 0.224 e. The van der Waals surface area contributed by atoms with Crippen molar-refractivity contribution in [1.29, 1.82) is 0 Å². The van der Waals surface area contributed by atoms with Crippen LogP contribution in [0.4, 0.5) is 0 Å². The third-order valence-electron chi connectivity index (χ3n) is 2.61. The lowest BCUT2D eigenvalue weighted by atomic mass is 9.92. The molecule has 0 bridgehead atoms. The van der Waals surface area contributed by atoms with E-state index in [0.29, 0.717) is 6.42 Å². The number of rotatable bonds is 4. The Labute approximate surface area is 136 Å². The summed E-state index contributed by atoms with van der Waals surface area (Å²) in [6.07, 6.45) is 10.2. The first-order valence-corrected chi connectivity index (χ1v) is 7.60. The molecule has 0 aromatic rings. The molecule has 0 heterocycles. The maximum atomic E-state index is 11.8. The predicted molar refractivity (Wildman–Crippen MR) is 96.1 cm³/mol. The van der Waals surface area contributed by atoms with E-state index in [0.717, 1.165) is 16.8 Å². The summed E-state index contributed by atoms with van der Waals surface area (Å²) in [5.41, 5.74) is 2.80. The number of nitrogens with one attached hydrogen (secondary N) is 1. The van der Waals surface area contributed by atoms with Crippen LogP contribution in [0.25, 0.3) is 0 Å². The van der Waals surface area contributed by atoms with Crippen LogP contribution in [0.15, 0.2) is 47.2 Å². The summed E-state index contributed by atoms with van der Waals surface area (Å²) in [7, 11) is 0. The molecule has 0 aromatic carbocycles. The van der Waals surface area contributed by atoms with E-state index in [4.69, 9.17) is 0 Å². The fourth-order valence-electron chi connectivity index (χ4n) is 1.56. The lowest BCUT2D eigenvalue weighted by Crippen LogP contribution is -2.26. The molecular weight excluding hydrogens is 270 g/mol. The second-order valence-electron chi connectivity index (χ2n) is 6.61. The third kappa shape index (κ3) is 11.8. The number of allylic oxidation sites excluding steroid dienone is 8. The van der Waals surface area contributed by atoms with E-state index in [9.17, 15) is 4.79 Å². The van der Waals surface area contributed by atoms with Crippen molar-refractivity contribution >= 4 is 5.91 Å². The van der Waals surface area contributed by atoms with Gasteiger partial charge in [-0.05, 0) is 56.4 Å². The van der Waals surface area contributed by atoms with Crippen molar-refractivity contribution in [1.82, 2.24) is 5.32 Å². The molecule has 2 heteroatoms. The van der Waals surface area contributed by atoms with Gasteiger partial charge in [0.05, 0.1) is 0 Å². The molecule has 0 saturated heterocycles. The Bertz CT molecular complexity index is 555. The van der Waals surface area contributed by atoms with Crippen LogP contribution < -0.4 is 5.32 Å². The molecule has 0 fully saturated rings. The Balaban J connectivity index is 4.67. The van der Waals surface area contributed by atoms with Crippen molar-refractivity contribution in [2.24, 2.45) is 5.41 Å². The summed E-state index contributed by atoms with van der Waals surface area (Å²) in [6, 6.07) is 0. The Hall–Kier alpha value is -2.01. The molecule has 0 aromatic heterocycles. The van der Waals surface area contributed by atoms with Gasteiger partial charge in [0.15, 0.2) is 0 Å². The molecule has 0 atom stereocenters. The summed E-state index contributed by atoms with van der Waals surface area (Å²) in [5.74, 6) is 6.22. The second-order valence-corrected chi connectivity index (χ2v) is 6.61. The first kappa shape index (κ1) is 20.0. The van der Waals surface area contributed by atoms with E-state index in [1.165, 1.54) is 0 Å². The smallest absolute Gasteiger partial charge is 0.224 e. The molecule has 2 nitrogen and oxygen atoms in total. The molecule has 0 rings (SSSR count). The van der Waals surface area contributed by atoms with Crippen LogP contribution in [-0.4, -0.2) is 5.91 Å². The van der Waals surface area contributed by atoms with Gasteiger partial charge in [-0.3, -0.25) is 4.79 Å². The second kappa shape index (κ2) is 9.84. The third-order valence-corrected chi connectivity index (χ3v) is 2.61. The average molecular weight is 299 g/mol. The summed E-state index contributed by atoms with van der Waals surface area (Å²) < 4.78 is 0. The number of carbonyl (C=O) groups is 1. The van der Waals surface area contributed by atoms with Crippen LogP contribution in [0, 0.1) is 17.3 Å². The van der Waals surface area contributed by atoms with Crippen LogP contribution >= 0.6 is 0 Å². The van der Waals surface area contributed by atoms with E-state index in [1.807, 2.05) is 58.1 Å². The first-order chi connectivity index (χ1) is 10.1. The minimum Gasteiger partial charge on any atom is -0.330 e. The van der Waals surface area contributed by atoms with E-state index in [1.54, 1.807) is 0 Å². The van der Waals surface area contributed by atoms with Gasteiger partial charge in [-0.25, -0.2) is 0 Å². The molecule has 22 heavy (non-hydrogen) atoms. The number of hydrogen-bond donors (Lipinski definition) is 1. The van der Waals surface area contributed by atoms with Crippen molar-refractivity contribution in [3.05, 3.63) is 47.2 Å². The lowest BCUT2D eigenvalue weighted by Gasteiger charge is -2.17. The van der Waals surface area contributed by atoms with Crippen LogP contribution in [-0.2, 0) is 4.79 Å². The highest BCUT2D eigenvalue weighted by atomic mass is 16.1. The molecular formula is C20H29NO. The minimum absolute atomic E-state index is 0.00160. The van der Waals surface area contributed by atoms with Gasteiger partial charge in [0.2, 0.25) is 5.91 Å². The fourth-order valence-corrected chi connectivity index (χ4v) is 1.56. The van der Waals surface area contributed by atoms with E-state index in [-0.39, 0.29) is 11.3 Å². The van der Waals surface area contributed by atoms with Gasteiger partial charge >= 0.3 is 0 Å². The van der Waals surface area contributed by atoms with Crippen LogP contribution in [0.1, 0.15) is 54.9 Å². The summed E-state index contributed by atoms with van der Waals surface area (Å²) in [5, 5.41) is 2.89. The molecule has 0 aliphatic rings. The van der Waals surface area contributed by atoms with Gasteiger partial charge in [0.25, 0.3) is 0 Å². The van der Waals surface area contributed by atoms with E-state index < -0.39 is 0 Å². The highest BCUT2D eigenvalue weighted by Gasteiger charge is 2.15. The fraction of sp³-hybridized carbons (Fsp3) is 0.450. The monoisotopic (exact) mass is 299 g/mol. The normalized spacial score (nSPS) is 13.9. The first-order valence-electron chi connectivity index (χ1n) is 7.60. The molecule has 0 radical (unpaired) electrons. The minimum atomic E-state index is -0.00160. The maximum absolute atomic E-state index is 11.8. The van der Waals surface area contributed by atoms with Gasteiger partial charge in [-0.15, -0.1) is 0 Å². The average Bonchev–Trinajstić information content (AvgIpc) is 2.38. The summed E-state index contributed by atoms with van der Waals surface area (Å²) in [4.78, 5) is 11.8. The quantitative estimate of drug-likeness (QED) is 0.579. The molecule has 120 valence electrons. The Kier molecular flexibility index (Phi) is 8.94. The largest absolute Gasteiger partial charge is 0.330 e. The molecule has 1 amide bonds. The molecule has 0 spiro atoms. The summed E-state index contributed by atoms with van der Waals surface area (Å²) >= 11 is 0. The van der Waals surface area contributed by atoms with E-state index >= 15 is 0 Å². The van der Waals surface area contributed by atoms with Crippen LogP contribution in [0.5, 0.6) is 0 Å². The standard InChI is InChI=1S/C20H29NO/c1-8-9-10-16(2)11-12-17(3)13-14-18(4)21-19(22)15-20(5,6)7/h8-10,13-14H,15H2,1-7H3,(H,21,22)/b9-8-,16-10+,17-13+,18-14+.